The van der Waals surface area contributed by atoms with Crippen molar-refractivity contribution in [3.63, 3.8) is 0 Å². The standard InChI is InChI=1S/C18H26N2O2/c1-12(13-8-6-5-7-9-13)15-18(10-14(18)11-19-15)20-16(21)22-17(2,3)4/h5-9,12,14-15,19H,10-11H2,1-4H3,(H,20,21)/t12?,14?,15?,18-/m1/s1. The molecule has 120 valence electrons. The van der Waals surface area contributed by atoms with E-state index in [9.17, 15) is 4.79 Å². The summed E-state index contributed by atoms with van der Waals surface area (Å²) in [6.45, 7) is 8.88. The molecule has 0 bridgehead atoms. The van der Waals surface area contributed by atoms with Gasteiger partial charge in [0.15, 0.2) is 0 Å². The van der Waals surface area contributed by atoms with Gasteiger partial charge >= 0.3 is 6.09 Å². The smallest absolute Gasteiger partial charge is 0.408 e. The molecule has 1 aromatic rings. The molecule has 1 aliphatic carbocycles. The van der Waals surface area contributed by atoms with Gasteiger partial charge in [-0.1, -0.05) is 37.3 Å². The molecule has 1 amide bonds. The van der Waals surface area contributed by atoms with Crippen LogP contribution >= 0.6 is 0 Å². The normalized spacial score (nSPS) is 31.3. The van der Waals surface area contributed by atoms with E-state index in [1.807, 2.05) is 26.8 Å². The van der Waals surface area contributed by atoms with Crippen LogP contribution in [0.25, 0.3) is 0 Å². The Hall–Kier alpha value is -1.55. The van der Waals surface area contributed by atoms with Gasteiger partial charge in [0.2, 0.25) is 0 Å². The lowest BCUT2D eigenvalue weighted by atomic mass is 9.88. The second kappa shape index (κ2) is 5.27. The van der Waals surface area contributed by atoms with Crippen molar-refractivity contribution < 1.29 is 9.53 Å². The minimum atomic E-state index is -0.461. The molecule has 1 saturated heterocycles. The predicted molar refractivity (Wildman–Crippen MR) is 86.9 cm³/mol. The molecule has 2 fully saturated rings. The second-order valence-corrected chi connectivity index (χ2v) is 7.65. The zero-order valence-electron chi connectivity index (χ0n) is 13.8. The quantitative estimate of drug-likeness (QED) is 0.902. The molecule has 0 radical (unpaired) electrons. The fourth-order valence-electron chi connectivity index (χ4n) is 3.73. The van der Waals surface area contributed by atoms with Crippen molar-refractivity contribution in [2.45, 2.75) is 57.2 Å². The topological polar surface area (TPSA) is 50.4 Å². The lowest BCUT2D eigenvalue weighted by Gasteiger charge is -2.31. The average Bonchev–Trinajstić information content (AvgIpc) is 3.01. The third-order valence-electron chi connectivity index (χ3n) is 4.85. The number of fused-ring (bicyclic) bond motifs is 1. The number of rotatable bonds is 3. The molecular formula is C18H26N2O2. The van der Waals surface area contributed by atoms with Crippen LogP contribution in [0.15, 0.2) is 30.3 Å². The first-order valence-corrected chi connectivity index (χ1v) is 8.11. The highest BCUT2D eigenvalue weighted by atomic mass is 16.6. The van der Waals surface area contributed by atoms with Gasteiger partial charge in [0.1, 0.15) is 5.60 Å². The Morgan fingerprint density at radius 1 is 1.36 bits per heavy atom. The summed E-state index contributed by atoms with van der Waals surface area (Å²) < 4.78 is 5.45. The number of carbonyl (C=O) groups excluding carboxylic acids is 1. The summed E-state index contributed by atoms with van der Waals surface area (Å²) in [5.41, 5.74) is 0.702. The Morgan fingerprint density at radius 3 is 2.64 bits per heavy atom. The van der Waals surface area contributed by atoms with Crippen LogP contribution < -0.4 is 10.6 Å². The van der Waals surface area contributed by atoms with Gasteiger partial charge in [-0.25, -0.2) is 4.79 Å². The van der Waals surface area contributed by atoms with Crippen molar-refractivity contribution in [1.82, 2.24) is 10.6 Å². The van der Waals surface area contributed by atoms with E-state index < -0.39 is 5.60 Å². The van der Waals surface area contributed by atoms with Crippen molar-refractivity contribution in [2.75, 3.05) is 6.54 Å². The van der Waals surface area contributed by atoms with E-state index >= 15 is 0 Å². The number of piperidine rings is 1. The maximum Gasteiger partial charge on any atom is 0.408 e. The highest BCUT2D eigenvalue weighted by Crippen LogP contribution is 2.53. The van der Waals surface area contributed by atoms with Gasteiger partial charge in [-0.15, -0.1) is 0 Å². The van der Waals surface area contributed by atoms with Gasteiger partial charge in [-0.3, -0.25) is 0 Å². The largest absolute Gasteiger partial charge is 0.444 e. The minimum Gasteiger partial charge on any atom is -0.444 e. The van der Waals surface area contributed by atoms with E-state index in [2.05, 4.69) is 41.8 Å². The number of carbonyl (C=O) groups is 1. The molecule has 1 heterocycles. The van der Waals surface area contributed by atoms with Gasteiger partial charge in [-0.2, -0.15) is 0 Å². The highest BCUT2D eigenvalue weighted by Gasteiger charge is 2.65. The van der Waals surface area contributed by atoms with Gasteiger partial charge < -0.3 is 15.4 Å². The molecule has 0 aromatic heterocycles. The van der Waals surface area contributed by atoms with E-state index in [-0.39, 0.29) is 17.7 Å². The van der Waals surface area contributed by atoms with E-state index in [0.717, 1.165) is 13.0 Å². The number of ether oxygens (including phenoxy) is 1. The van der Waals surface area contributed by atoms with Crippen LogP contribution in [0.3, 0.4) is 0 Å². The monoisotopic (exact) mass is 302 g/mol. The van der Waals surface area contributed by atoms with E-state index in [1.165, 1.54) is 5.56 Å². The molecule has 1 saturated carbocycles. The lowest BCUT2D eigenvalue weighted by molar-refractivity contribution is 0.0483. The zero-order valence-corrected chi connectivity index (χ0v) is 13.8. The first-order chi connectivity index (χ1) is 10.3. The molecule has 2 aliphatic rings. The number of alkyl carbamates (subject to hydrolysis) is 1. The van der Waals surface area contributed by atoms with E-state index in [4.69, 9.17) is 4.74 Å². The van der Waals surface area contributed by atoms with Crippen molar-refractivity contribution in [3.8, 4) is 0 Å². The molecule has 4 atom stereocenters. The zero-order chi connectivity index (χ0) is 16.0. The summed E-state index contributed by atoms with van der Waals surface area (Å²) in [5, 5.41) is 6.76. The van der Waals surface area contributed by atoms with Crippen LogP contribution in [0.5, 0.6) is 0 Å². The lowest BCUT2D eigenvalue weighted by Crippen LogP contribution is -2.52. The fraction of sp³-hybridized carbons (Fsp3) is 0.611. The highest BCUT2D eigenvalue weighted by molar-refractivity contribution is 5.70. The summed E-state index contributed by atoms with van der Waals surface area (Å²) in [6.07, 6.45) is 0.741. The van der Waals surface area contributed by atoms with Crippen LogP contribution in [0.1, 0.15) is 45.6 Å². The predicted octanol–water partition coefficient (Wildman–Crippen LogP) is 3.05. The van der Waals surface area contributed by atoms with Crippen molar-refractivity contribution in [1.29, 1.82) is 0 Å². The SMILES string of the molecule is CC(c1ccccc1)C1NCC2C[C@@]21NC(=O)OC(C)(C)C. The summed E-state index contributed by atoms with van der Waals surface area (Å²) in [4.78, 5) is 12.2. The van der Waals surface area contributed by atoms with E-state index in [1.54, 1.807) is 0 Å². The third-order valence-corrected chi connectivity index (χ3v) is 4.85. The Kier molecular flexibility index (Phi) is 3.68. The van der Waals surface area contributed by atoms with Crippen molar-refractivity contribution >= 4 is 6.09 Å². The molecular weight excluding hydrogens is 276 g/mol. The van der Waals surface area contributed by atoms with Gasteiger partial charge in [0.05, 0.1) is 5.54 Å². The summed E-state index contributed by atoms with van der Waals surface area (Å²) in [5.74, 6) is 0.875. The minimum absolute atomic E-state index is 0.141. The van der Waals surface area contributed by atoms with Gasteiger partial charge in [0, 0.05) is 12.6 Å². The Balaban J connectivity index is 1.72. The van der Waals surface area contributed by atoms with Crippen LogP contribution in [0, 0.1) is 5.92 Å². The third kappa shape index (κ3) is 2.84. The van der Waals surface area contributed by atoms with Gasteiger partial charge in [0.25, 0.3) is 0 Å². The average molecular weight is 302 g/mol. The number of benzene rings is 1. The molecule has 1 aliphatic heterocycles. The summed E-state index contributed by atoms with van der Waals surface area (Å²) in [7, 11) is 0. The van der Waals surface area contributed by atoms with Crippen molar-refractivity contribution in [3.05, 3.63) is 35.9 Å². The molecule has 1 aromatic carbocycles. The number of nitrogens with one attached hydrogen (secondary N) is 2. The van der Waals surface area contributed by atoms with Crippen LogP contribution in [0.4, 0.5) is 4.79 Å². The molecule has 22 heavy (non-hydrogen) atoms. The number of amides is 1. The molecule has 3 rings (SSSR count). The Bertz CT molecular complexity index is 552. The molecule has 4 heteroatoms. The molecule has 4 nitrogen and oxygen atoms in total. The molecule has 2 N–H and O–H groups in total. The fourth-order valence-corrected chi connectivity index (χ4v) is 3.73. The van der Waals surface area contributed by atoms with Crippen LogP contribution in [-0.4, -0.2) is 29.8 Å². The molecule has 0 spiro atoms. The van der Waals surface area contributed by atoms with Crippen LogP contribution in [-0.2, 0) is 4.74 Å². The van der Waals surface area contributed by atoms with Crippen LogP contribution in [0.2, 0.25) is 0 Å². The first-order valence-electron chi connectivity index (χ1n) is 8.11. The van der Waals surface area contributed by atoms with E-state index in [0.29, 0.717) is 11.8 Å². The Labute approximate surface area is 132 Å². The Morgan fingerprint density at radius 2 is 2.05 bits per heavy atom. The number of hydrogen-bond donors (Lipinski definition) is 2. The van der Waals surface area contributed by atoms with Gasteiger partial charge in [-0.05, 0) is 44.6 Å². The summed E-state index contributed by atoms with van der Waals surface area (Å²) in [6, 6.07) is 10.7. The van der Waals surface area contributed by atoms with Crippen molar-refractivity contribution in [2.24, 2.45) is 5.92 Å². The number of hydrogen-bond acceptors (Lipinski definition) is 3. The summed E-state index contributed by atoms with van der Waals surface area (Å²) >= 11 is 0. The maximum atomic E-state index is 12.2. The molecule has 3 unspecified atom stereocenters. The second-order valence-electron chi connectivity index (χ2n) is 7.65. The maximum absolute atomic E-state index is 12.2. The first kappa shape index (κ1) is 15.3.